The number of nitrogens with zero attached hydrogens (tertiary/aromatic N) is 3. The summed E-state index contributed by atoms with van der Waals surface area (Å²) in [7, 11) is 4.14. The summed E-state index contributed by atoms with van der Waals surface area (Å²) < 4.78 is 0.874. The second kappa shape index (κ2) is 6.33. The largest absolute Gasteiger partial charge is 0.367 e. The molecule has 1 aromatic heterocycles. The van der Waals surface area contributed by atoms with Crippen molar-refractivity contribution in [3.63, 3.8) is 0 Å². The van der Waals surface area contributed by atoms with Crippen molar-refractivity contribution in [1.82, 2.24) is 14.9 Å². The van der Waals surface area contributed by atoms with Crippen LogP contribution in [0.1, 0.15) is 20.8 Å². The summed E-state index contributed by atoms with van der Waals surface area (Å²) >= 11 is 3.46. The maximum absolute atomic E-state index is 4.43. The topological polar surface area (TPSA) is 53.1 Å². The van der Waals surface area contributed by atoms with Gasteiger partial charge in [0.2, 0.25) is 5.95 Å². The first-order chi connectivity index (χ1) is 8.36. The number of aromatic nitrogens is 2. The van der Waals surface area contributed by atoms with Gasteiger partial charge in [0.25, 0.3) is 0 Å². The molecule has 0 aliphatic carbocycles. The molecule has 0 bridgehead atoms. The molecule has 5 nitrogen and oxygen atoms in total. The Labute approximate surface area is 118 Å². The molecule has 18 heavy (non-hydrogen) atoms. The molecule has 0 aliphatic rings. The number of nitrogens with one attached hydrogen (secondary N) is 2. The summed E-state index contributed by atoms with van der Waals surface area (Å²) in [6.45, 7) is 8.00. The van der Waals surface area contributed by atoms with E-state index in [4.69, 9.17) is 0 Å². The van der Waals surface area contributed by atoms with Gasteiger partial charge >= 0.3 is 0 Å². The first kappa shape index (κ1) is 15.2. The summed E-state index contributed by atoms with van der Waals surface area (Å²) in [5, 5.41) is 6.46. The number of rotatable bonds is 6. The van der Waals surface area contributed by atoms with Crippen molar-refractivity contribution in [2.24, 2.45) is 0 Å². The summed E-state index contributed by atoms with van der Waals surface area (Å²) in [6, 6.07) is 0. The van der Waals surface area contributed by atoms with Crippen molar-refractivity contribution in [2.45, 2.75) is 26.3 Å². The lowest BCUT2D eigenvalue weighted by Gasteiger charge is -2.32. The van der Waals surface area contributed by atoms with Gasteiger partial charge in [-0.1, -0.05) is 0 Å². The maximum atomic E-state index is 4.43. The van der Waals surface area contributed by atoms with Gasteiger partial charge in [-0.05, 0) is 50.8 Å². The molecule has 0 aromatic carbocycles. The van der Waals surface area contributed by atoms with E-state index in [1.54, 1.807) is 6.20 Å². The lowest BCUT2D eigenvalue weighted by molar-refractivity contribution is 0.210. The molecule has 6 heteroatoms. The molecule has 0 atom stereocenters. The zero-order chi connectivity index (χ0) is 13.8. The number of anilines is 2. The third kappa shape index (κ3) is 4.10. The molecular formula is C12H22BrN5. The van der Waals surface area contributed by atoms with Crippen molar-refractivity contribution in [2.75, 3.05) is 37.8 Å². The number of likely N-dealkylation sites (N-methyl/N-ethyl adjacent to an activating group) is 1. The molecule has 1 heterocycles. The van der Waals surface area contributed by atoms with E-state index >= 15 is 0 Å². The van der Waals surface area contributed by atoms with Gasteiger partial charge in [0, 0.05) is 24.8 Å². The van der Waals surface area contributed by atoms with E-state index < -0.39 is 0 Å². The molecule has 1 rings (SSSR count). The molecule has 0 saturated carbocycles. The van der Waals surface area contributed by atoms with E-state index in [0.29, 0.717) is 5.95 Å². The fourth-order valence-electron chi connectivity index (χ4n) is 1.19. The third-order valence-corrected chi connectivity index (χ3v) is 3.56. The third-order valence-electron chi connectivity index (χ3n) is 2.98. The van der Waals surface area contributed by atoms with Gasteiger partial charge < -0.3 is 15.5 Å². The molecule has 102 valence electrons. The number of hydrogen-bond donors (Lipinski definition) is 2. The Hall–Kier alpha value is -0.880. The molecule has 0 aliphatic heterocycles. The highest BCUT2D eigenvalue weighted by Gasteiger charge is 2.20. The first-order valence-corrected chi connectivity index (χ1v) is 6.84. The average Bonchev–Trinajstić information content (AvgIpc) is 2.30. The van der Waals surface area contributed by atoms with Crippen LogP contribution in [-0.2, 0) is 0 Å². The normalized spacial score (nSPS) is 11.7. The lowest BCUT2D eigenvalue weighted by Crippen LogP contribution is -2.44. The minimum atomic E-state index is 0.0583. The van der Waals surface area contributed by atoms with Crippen molar-refractivity contribution in [3.8, 4) is 0 Å². The molecule has 0 amide bonds. The lowest BCUT2D eigenvalue weighted by atomic mass is 10.0. The van der Waals surface area contributed by atoms with Crippen LogP contribution in [0.15, 0.2) is 10.7 Å². The van der Waals surface area contributed by atoms with Crippen molar-refractivity contribution >= 4 is 27.7 Å². The van der Waals surface area contributed by atoms with Gasteiger partial charge in [-0.15, -0.1) is 0 Å². The van der Waals surface area contributed by atoms with Gasteiger partial charge in [0.1, 0.15) is 5.82 Å². The Kier molecular flexibility index (Phi) is 5.34. The van der Waals surface area contributed by atoms with E-state index in [1.165, 1.54) is 0 Å². The highest BCUT2D eigenvalue weighted by molar-refractivity contribution is 9.10. The predicted molar refractivity (Wildman–Crippen MR) is 80.2 cm³/mol. The molecule has 0 saturated heterocycles. The van der Waals surface area contributed by atoms with E-state index in [0.717, 1.165) is 23.4 Å². The van der Waals surface area contributed by atoms with E-state index in [-0.39, 0.29) is 5.54 Å². The zero-order valence-electron chi connectivity index (χ0n) is 11.7. The van der Waals surface area contributed by atoms with Crippen LogP contribution < -0.4 is 10.6 Å². The van der Waals surface area contributed by atoms with Crippen LogP contribution in [0.5, 0.6) is 0 Å². The molecular weight excluding hydrogens is 294 g/mol. The Morgan fingerprint density at radius 3 is 2.56 bits per heavy atom. The minimum absolute atomic E-state index is 0.0583. The van der Waals surface area contributed by atoms with E-state index in [9.17, 15) is 0 Å². The SMILES string of the molecule is CCNc1ncc(Br)c(NCC(C)(C)N(C)C)n1. The monoisotopic (exact) mass is 315 g/mol. The summed E-state index contributed by atoms with van der Waals surface area (Å²) in [5.74, 6) is 1.46. The smallest absolute Gasteiger partial charge is 0.224 e. The molecule has 0 fully saturated rings. The Morgan fingerprint density at radius 2 is 2.00 bits per heavy atom. The fraction of sp³-hybridized carbons (Fsp3) is 0.667. The molecule has 1 aromatic rings. The second-order valence-corrected chi connectivity index (χ2v) is 5.84. The van der Waals surface area contributed by atoms with Crippen LogP contribution >= 0.6 is 15.9 Å². The Morgan fingerprint density at radius 1 is 1.33 bits per heavy atom. The van der Waals surface area contributed by atoms with E-state index in [2.05, 4.69) is 69.4 Å². The highest BCUT2D eigenvalue weighted by atomic mass is 79.9. The van der Waals surface area contributed by atoms with Crippen molar-refractivity contribution < 1.29 is 0 Å². The Bertz CT molecular complexity index is 392. The van der Waals surface area contributed by atoms with Gasteiger partial charge in [0.05, 0.1) is 4.47 Å². The number of hydrogen-bond acceptors (Lipinski definition) is 5. The zero-order valence-corrected chi connectivity index (χ0v) is 13.3. The summed E-state index contributed by atoms with van der Waals surface area (Å²) in [4.78, 5) is 10.8. The van der Waals surface area contributed by atoms with Crippen LogP contribution in [0, 0.1) is 0 Å². The van der Waals surface area contributed by atoms with Gasteiger partial charge in [-0.25, -0.2) is 4.98 Å². The van der Waals surface area contributed by atoms with Crippen LogP contribution in [0.3, 0.4) is 0 Å². The second-order valence-electron chi connectivity index (χ2n) is 4.98. The maximum Gasteiger partial charge on any atom is 0.224 e. The van der Waals surface area contributed by atoms with Crippen LogP contribution in [0.4, 0.5) is 11.8 Å². The summed E-state index contributed by atoms with van der Waals surface area (Å²) in [5.41, 5.74) is 0.0583. The quantitative estimate of drug-likeness (QED) is 0.844. The molecule has 2 N–H and O–H groups in total. The highest BCUT2D eigenvalue weighted by Crippen LogP contribution is 2.21. The Balaban J connectivity index is 2.75. The summed E-state index contributed by atoms with van der Waals surface area (Å²) in [6.07, 6.45) is 1.76. The van der Waals surface area contributed by atoms with Crippen LogP contribution in [0.2, 0.25) is 0 Å². The first-order valence-electron chi connectivity index (χ1n) is 6.04. The van der Waals surface area contributed by atoms with Gasteiger partial charge in [-0.2, -0.15) is 4.98 Å². The molecule has 0 radical (unpaired) electrons. The molecule has 0 spiro atoms. The van der Waals surface area contributed by atoms with Crippen LogP contribution in [-0.4, -0.2) is 47.6 Å². The van der Waals surface area contributed by atoms with Crippen molar-refractivity contribution in [1.29, 1.82) is 0 Å². The predicted octanol–water partition coefficient (Wildman–Crippen LogP) is 2.42. The minimum Gasteiger partial charge on any atom is -0.367 e. The van der Waals surface area contributed by atoms with Gasteiger partial charge in [0.15, 0.2) is 0 Å². The van der Waals surface area contributed by atoms with Crippen molar-refractivity contribution in [3.05, 3.63) is 10.7 Å². The average molecular weight is 316 g/mol. The fourth-order valence-corrected chi connectivity index (χ4v) is 1.52. The number of halogens is 1. The standard InChI is InChI=1S/C12H22BrN5/c1-6-14-11-15-7-9(13)10(17-11)16-8-12(2,3)18(4)5/h7H,6,8H2,1-5H3,(H2,14,15,16,17). The van der Waals surface area contributed by atoms with Gasteiger partial charge in [-0.3, -0.25) is 0 Å². The molecule has 0 unspecified atom stereocenters. The van der Waals surface area contributed by atoms with E-state index in [1.807, 2.05) is 6.92 Å². The van der Waals surface area contributed by atoms with Crippen LogP contribution in [0.25, 0.3) is 0 Å².